The number of rotatable bonds is 0. The van der Waals surface area contributed by atoms with Crippen molar-refractivity contribution in [2.75, 3.05) is 0 Å². The monoisotopic (exact) mass is 259 g/mol. The van der Waals surface area contributed by atoms with Crippen molar-refractivity contribution in [1.29, 1.82) is 0 Å². The SMILES string of the molecule is Cc1nc2c(Cl)c(Cl)ccc2c(Cl)c1C. The van der Waals surface area contributed by atoms with Gasteiger partial charge in [0.15, 0.2) is 0 Å². The Kier molecular flexibility index (Phi) is 2.80. The lowest BCUT2D eigenvalue weighted by molar-refractivity contribution is 1.20. The third-order valence-electron chi connectivity index (χ3n) is 2.46. The molecule has 1 aromatic carbocycles. The third-order valence-corrected chi connectivity index (χ3v) is 3.74. The predicted octanol–water partition coefficient (Wildman–Crippen LogP) is 4.81. The summed E-state index contributed by atoms with van der Waals surface area (Å²) in [6.07, 6.45) is 0. The highest BCUT2D eigenvalue weighted by atomic mass is 35.5. The lowest BCUT2D eigenvalue weighted by atomic mass is 10.1. The second-order valence-electron chi connectivity index (χ2n) is 3.39. The van der Waals surface area contributed by atoms with Crippen LogP contribution in [-0.4, -0.2) is 4.98 Å². The van der Waals surface area contributed by atoms with Gasteiger partial charge in [-0.15, -0.1) is 0 Å². The van der Waals surface area contributed by atoms with Gasteiger partial charge in [-0.2, -0.15) is 0 Å². The molecule has 0 saturated carbocycles. The van der Waals surface area contributed by atoms with Crippen molar-refractivity contribution in [3.8, 4) is 0 Å². The Morgan fingerprint density at radius 2 is 1.67 bits per heavy atom. The van der Waals surface area contributed by atoms with Gasteiger partial charge < -0.3 is 0 Å². The molecule has 1 nitrogen and oxygen atoms in total. The van der Waals surface area contributed by atoms with Crippen LogP contribution < -0.4 is 0 Å². The van der Waals surface area contributed by atoms with Crippen LogP contribution in [0.5, 0.6) is 0 Å². The summed E-state index contributed by atoms with van der Waals surface area (Å²) >= 11 is 18.2. The molecule has 4 heteroatoms. The first-order valence-corrected chi connectivity index (χ1v) is 5.56. The smallest absolute Gasteiger partial charge is 0.0921 e. The summed E-state index contributed by atoms with van der Waals surface area (Å²) in [6.45, 7) is 3.84. The largest absolute Gasteiger partial charge is 0.251 e. The van der Waals surface area contributed by atoms with E-state index in [9.17, 15) is 0 Å². The Morgan fingerprint density at radius 3 is 2.33 bits per heavy atom. The van der Waals surface area contributed by atoms with Gasteiger partial charge in [0.05, 0.1) is 20.6 Å². The van der Waals surface area contributed by atoms with Crippen LogP contribution >= 0.6 is 34.8 Å². The fourth-order valence-corrected chi connectivity index (χ4v) is 2.09. The summed E-state index contributed by atoms with van der Waals surface area (Å²) in [4.78, 5) is 4.40. The molecule has 0 bridgehead atoms. The average molecular weight is 261 g/mol. The van der Waals surface area contributed by atoms with Crippen LogP contribution in [0.15, 0.2) is 12.1 Å². The molecule has 0 fully saturated rings. The zero-order chi connectivity index (χ0) is 11.2. The number of hydrogen-bond acceptors (Lipinski definition) is 1. The Morgan fingerprint density at radius 1 is 1.00 bits per heavy atom. The van der Waals surface area contributed by atoms with Gasteiger partial charge in [-0.25, -0.2) is 0 Å². The second-order valence-corrected chi connectivity index (χ2v) is 4.56. The number of fused-ring (bicyclic) bond motifs is 1. The molecule has 0 saturated heterocycles. The number of pyridine rings is 1. The summed E-state index contributed by atoms with van der Waals surface area (Å²) < 4.78 is 0. The second kappa shape index (κ2) is 3.82. The fraction of sp³-hybridized carbons (Fsp3) is 0.182. The molecule has 1 heterocycles. The molecule has 15 heavy (non-hydrogen) atoms. The van der Waals surface area contributed by atoms with Crippen LogP contribution in [0.3, 0.4) is 0 Å². The molecule has 0 unspecified atom stereocenters. The van der Waals surface area contributed by atoms with Crippen LogP contribution in [0.25, 0.3) is 10.9 Å². The fourth-order valence-electron chi connectivity index (χ4n) is 1.44. The van der Waals surface area contributed by atoms with Crippen molar-refractivity contribution in [3.63, 3.8) is 0 Å². The summed E-state index contributed by atoms with van der Waals surface area (Å²) in [6, 6.07) is 3.57. The zero-order valence-corrected chi connectivity index (χ0v) is 10.5. The highest BCUT2D eigenvalue weighted by Crippen LogP contribution is 2.35. The van der Waals surface area contributed by atoms with E-state index >= 15 is 0 Å². The predicted molar refractivity (Wildman–Crippen MR) is 66.2 cm³/mol. The molecule has 0 aliphatic carbocycles. The van der Waals surface area contributed by atoms with Crippen LogP contribution in [0.2, 0.25) is 15.1 Å². The molecule has 2 aromatic rings. The van der Waals surface area contributed by atoms with Crippen molar-refractivity contribution in [2.45, 2.75) is 13.8 Å². The van der Waals surface area contributed by atoms with E-state index in [0.29, 0.717) is 20.6 Å². The van der Waals surface area contributed by atoms with Crippen molar-refractivity contribution in [1.82, 2.24) is 4.98 Å². The summed E-state index contributed by atoms with van der Waals surface area (Å²) in [7, 11) is 0. The van der Waals surface area contributed by atoms with E-state index in [2.05, 4.69) is 4.98 Å². The summed E-state index contributed by atoms with van der Waals surface area (Å²) in [5, 5.41) is 2.49. The number of aryl methyl sites for hydroxylation is 1. The first-order chi connectivity index (χ1) is 7.02. The number of aromatic nitrogens is 1. The molecule has 0 N–H and O–H groups in total. The average Bonchev–Trinajstić information content (AvgIpc) is 2.21. The lowest BCUT2D eigenvalue weighted by Crippen LogP contribution is -1.91. The number of nitrogens with zero attached hydrogens (tertiary/aromatic N) is 1. The minimum absolute atomic E-state index is 0.458. The van der Waals surface area contributed by atoms with E-state index in [-0.39, 0.29) is 0 Å². The van der Waals surface area contributed by atoms with Crippen LogP contribution in [0, 0.1) is 13.8 Å². The van der Waals surface area contributed by atoms with E-state index in [1.54, 1.807) is 6.07 Å². The highest BCUT2D eigenvalue weighted by Gasteiger charge is 2.11. The molecular formula is C11H8Cl3N. The van der Waals surface area contributed by atoms with E-state index < -0.39 is 0 Å². The van der Waals surface area contributed by atoms with Crippen molar-refractivity contribution in [3.05, 3.63) is 38.5 Å². The minimum Gasteiger partial charge on any atom is -0.251 e. The molecule has 0 aliphatic rings. The molecular weight excluding hydrogens is 252 g/mol. The quantitative estimate of drug-likeness (QED) is 0.662. The third kappa shape index (κ3) is 1.69. The highest BCUT2D eigenvalue weighted by molar-refractivity contribution is 6.46. The van der Waals surface area contributed by atoms with Crippen LogP contribution in [0.4, 0.5) is 0 Å². The lowest BCUT2D eigenvalue weighted by Gasteiger charge is -2.08. The number of halogens is 3. The van der Waals surface area contributed by atoms with E-state index in [1.807, 2.05) is 19.9 Å². The standard InChI is InChI=1S/C11H8Cl3N/c1-5-6(2)15-11-7(9(5)13)3-4-8(12)10(11)14/h3-4H,1-2H3. The van der Waals surface area contributed by atoms with Crippen molar-refractivity contribution < 1.29 is 0 Å². The molecule has 0 amide bonds. The van der Waals surface area contributed by atoms with E-state index in [0.717, 1.165) is 16.6 Å². The van der Waals surface area contributed by atoms with E-state index in [4.69, 9.17) is 34.8 Å². The maximum Gasteiger partial charge on any atom is 0.0921 e. The van der Waals surface area contributed by atoms with Crippen molar-refractivity contribution in [2.24, 2.45) is 0 Å². The maximum absolute atomic E-state index is 6.21. The minimum atomic E-state index is 0.458. The Labute approximate surface area is 103 Å². The van der Waals surface area contributed by atoms with Gasteiger partial charge in [0.25, 0.3) is 0 Å². The van der Waals surface area contributed by atoms with Gasteiger partial charge in [-0.3, -0.25) is 4.98 Å². The van der Waals surface area contributed by atoms with Crippen molar-refractivity contribution >= 4 is 45.7 Å². The summed E-state index contributed by atoms with van der Waals surface area (Å²) in [5.41, 5.74) is 2.51. The molecule has 0 radical (unpaired) electrons. The first-order valence-electron chi connectivity index (χ1n) is 4.42. The summed E-state index contributed by atoms with van der Waals surface area (Å²) in [5.74, 6) is 0. The van der Waals surface area contributed by atoms with Gasteiger partial charge in [0, 0.05) is 11.1 Å². The van der Waals surface area contributed by atoms with Gasteiger partial charge in [-0.05, 0) is 31.5 Å². The maximum atomic E-state index is 6.21. The van der Waals surface area contributed by atoms with E-state index in [1.165, 1.54) is 0 Å². The normalized spacial score (nSPS) is 11.0. The Balaban J connectivity index is 2.98. The van der Waals surface area contributed by atoms with Gasteiger partial charge in [-0.1, -0.05) is 34.8 Å². The number of hydrogen-bond donors (Lipinski definition) is 0. The van der Waals surface area contributed by atoms with Gasteiger partial charge in [0.1, 0.15) is 0 Å². The molecule has 0 spiro atoms. The molecule has 0 aliphatic heterocycles. The van der Waals surface area contributed by atoms with Crippen LogP contribution in [-0.2, 0) is 0 Å². The van der Waals surface area contributed by atoms with Gasteiger partial charge in [0.2, 0.25) is 0 Å². The molecule has 78 valence electrons. The Bertz CT molecular complexity index is 549. The molecule has 1 aromatic heterocycles. The first kappa shape index (κ1) is 11.0. The van der Waals surface area contributed by atoms with Crippen LogP contribution in [0.1, 0.15) is 11.3 Å². The zero-order valence-electron chi connectivity index (χ0n) is 8.24. The Hall–Kier alpha value is -0.500. The van der Waals surface area contributed by atoms with Gasteiger partial charge >= 0.3 is 0 Å². The number of benzene rings is 1. The molecule has 2 rings (SSSR count). The molecule has 0 atom stereocenters. The topological polar surface area (TPSA) is 12.9 Å².